The minimum absolute atomic E-state index is 0.184. The van der Waals surface area contributed by atoms with Crippen molar-refractivity contribution in [3.05, 3.63) is 24.3 Å². The second-order valence-corrected chi connectivity index (χ2v) is 8.16. The maximum Gasteiger partial charge on any atom is 0.319 e. The van der Waals surface area contributed by atoms with Crippen molar-refractivity contribution in [3.8, 4) is 11.4 Å². The first kappa shape index (κ1) is 18.9. The number of likely N-dealkylation sites (tertiary alicyclic amines) is 1. The fraction of sp³-hybridized carbons (Fsp3) is 0.600. The summed E-state index contributed by atoms with van der Waals surface area (Å²) >= 11 is 0. The number of amides is 2. The molecule has 1 aliphatic heterocycles. The molecule has 1 aliphatic carbocycles. The number of anilines is 1. The zero-order chi connectivity index (χ0) is 19.5. The molecule has 8 heteroatoms. The van der Waals surface area contributed by atoms with Crippen molar-refractivity contribution in [2.24, 2.45) is 5.92 Å². The standard InChI is InChI=1S/C20H29N7O/c1-14-8-10-26(11-9-14)15(2)13-21-20(28)22-17-5-3-4-16(12-17)19-23-24-25-27(19)18-6-7-18/h3-5,12,14-15,18H,6-11,13H2,1-2H3,(H2,21,22,28)/t15-/m1/s1. The Morgan fingerprint density at radius 3 is 2.79 bits per heavy atom. The van der Waals surface area contributed by atoms with E-state index >= 15 is 0 Å². The highest BCUT2D eigenvalue weighted by Gasteiger charge is 2.28. The van der Waals surface area contributed by atoms with E-state index in [-0.39, 0.29) is 6.03 Å². The highest BCUT2D eigenvalue weighted by Crippen LogP contribution is 2.36. The van der Waals surface area contributed by atoms with Gasteiger partial charge in [0.1, 0.15) is 0 Å². The van der Waals surface area contributed by atoms with Gasteiger partial charge in [0.2, 0.25) is 0 Å². The van der Waals surface area contributed by atoms with Gasteiger partial charge in [0.05, 0.1) is 6.04 Å². The van der Waals surface area contributed by atoms with Gasteiger partial charge in [0, 0.05) is 23.8 Å². The molecule has 4 rings (SSSR count). The molecule has 150 valence electrons. The summed E-state index contributed by atoms with van der Waals surface area (Å²) in [6.07, 6.45) is 4.71. The first-order chi connectivity index (χ1) is 13.6. The van der Waals surface area contributed by atoms with E-state index < -0.39 is 0 Å². The Kier molecular flexibility index (Phi) is 5.57. The van der Waals surface area contributed by atoms with Crippen molar-refractivity contribution >= 4 is 11.7 Å². The fourth-order valence-corrected chi connectivity index (χ4v) is 3.70. The number of tetrazole rings is 1. The van der Waals surface area contributed by atoms with E-state index in [0.29, 0.717) is 18.6 Å². The van der Waals surface area contributed by atoms with Crippen molar-refractivity contribution in [3.63, 3.8) is 0 Å². The van der Waals surface area contributed by atoms with E-state index in [9.17, 15) is 4.79 Å². The lowest BCUT2D eigenvalue weighted by Crippen LogP contribution is -2.46. The molecule has 1 aromatic heterocycles. The first-order valence-corrected chi connectivity index (χ1v) is 10.3. The molecular weight excluding hydrogens is 354 g/mol. The molecule has 0 spiro atoms. The minimum Gasteiger partial charge on any atom is -0.336 e. The van der Waals surface area contributed by atoms with E-state index in [1.807, 2.05) is 28.9 Å². The maximum absolute atomic E-state index is 12.3. The van der Waals surface area contributed by atoms with Crippen LogP contribution in [-0.2, 0) is 0 Å². The Balaban J connectivity index is 1.31. The topological polar surface area (TPSA) is 88.0 Å². The Morgan fingerprint density at radius 2 is 2.04 bits per heavy atom. The number of benzene rings is 1. The number of piperidine rings is 1. The van der Waals surface area contributed by atoms with E-state index in [2.05, 4.69) is 44.9 Å². The summed E-state index contributed by atoms with van der Waals surface area (Å²) in [5, 5.41) is 18.0. The van der Waals surface area contributed by atoms with Crippen molar-refractivity contribution in [1.82, 2.24) is 30.4 Å². The number of hydrogen-bond acceptors (Lipinski definition) is 5. The zero-order valence-electron chi connectivity index (χ0n) is 16.6. The SMILES string of the molecule is CC1CCN([C@H](C)CNC(=O)Nc2cccc(-c3nnnn3C3CC3)c2)CC1. The van der Waals surface area contributed by atoms with Gasteiger partial charge in [-0.2, -0.15) is 0 Å². The lowest BCUT2D eigenvalue weighted by Gasteiger charge is -2.34. The number of nitrogens with one attached hydrogen (secondary N) is 2. The number of carbonyl (C=O) groups excluding carboxylic acids is 1. The molecule has 1 saturated carbocycles. The molecule has 0 bridgehead atoms. The Labute approximate surface area is 165 Å². The minimum atomic E-state index is -0.184. The number of rotatable bonds is 6. The molecule has 8 nitrogen and oxygen atoms in total. The van der Waals surface area contributed by atoms with Crippen LogP contribution in [0.1, 0.15) is 45.6 Å². The normalized spacial score (nSPS) is 19.4. The first-order valence-electron chi connectivity index (χ1n) is 10.3. The Hall–Kier alpha value is -2.48. The van der Waals surface area contributed by atoms with Crippen LogP contribution < -0.4 is 10.6 Å². The summed E-state index contributed by atoms with van der Waals surface area (Å²) in [6.45, 7) is 7.35. The van der Waals surface area contributed by atoms with Gasteiger partial charge in [-0.05, 0) is 74.2 Å². The molecule has 0 unspecified atom stereocenters. The number of urea groups is 1. The highest BCUT2D eigenvalue weighted by molar-refractivity contribution is 5.89. The maximum atomic E-state index is 12.3. The van der Waals surface area contributed by atoms with Crippen LogP contribution in [-0.4, -0.2) is 56.8 Å². The van der Waals surface area contributed by atoms with E-state index in [0.717, 1.165) is 48.9 Å². The monoisotopic (exact) mass is 383 g/mol. The van der Waals surface area contributed by atoms with Gasteiger partial charge in [-0.15, -0.1) is 5.10 Å². The van der Waals surface area contributed by atoms with Gasteiger partial charge in [-0.25, -0.2) is 9.48 Å². The van der Waals surface area contributed by atoms with E-state index in [1.165, 1.54) is 12.8 Å². The fourth-order valence-electron chi connectivity index (χ4n) is 3.70. The molecule has 0 radical (unpaired) electrons. The molecule has 2 N–H and O–H groups in total. The third-order valence-electron chi connectivity index (χ3n) is 5.76. The number of nitrogens with zero attached hydrogens (tertiary/aromatic N) is 5. The summed E-state index contributed by atoms with van der Waals surface area (Å²) in [4.78, 5) is 14.8. The van der Waals surface area contributed by atoms with Gasteiger partial charge < -0.3 is 10.6 Å². The molecule has 2 aromatic rings. The predicted molar refractivity (Wildman–Crippen MR) is 108 cm³/mol. The van der Waals surface area contributed by atoms with Crippen LogP contribution in [0.5, 0.6) is 0 Å². The van der Waals surface area contributed by atoms with Gasteiger partial charge in [0.15, 0.2) is 5.82 Å². The van der Waals surface area contributed by atoms with Gasteiger partial charge >= 0.3 is 6.03 Å². The molecule has 2 amide bonds. The van der Waals surface area contributed by atoms with Gasteiger partial charge in [-0.3, -0.25) is 4.90 Å². The third kappa shape index (κ3) is 4.49. The molecule has 1 aromatic carbocycles. The van der Waals surface area contributed by atoms with Crippen molar-refractivity contribution in [1.29, 1.82) is 0 Å². The van der Waals surface area contributed by atoms with Crippen LogP contribution >= 0.6 is 0 Å². The summed E-state index contributed by atoms with van der Waals surface area (Å²) in [7, 11) is 0. The molecule has 2 heterocycles. The van der Waals surface area contributed by atoms with Crippen LogP contribution in [0.3, 0.4) is 0 Å². The summed E-state index contributed by atoms with van der Waals surface area (Å²) in [5.74, 6) is 1.56. The molecule has 28 heavy (non-hydrogen) atoms. The smallest absolute Gasteiger partial charge is 0.319 e. The number of aromatic nitrogens is 4. The molecule has 1 saturated heterocycles. The van der Waals surface area contributed by atoms with Crippen LogP contribution in [0, 0.1) is 5.92 Å². The number of hydrogen-bond donors (Lipinski definition) is 2. The Morgan fingerprint density at radius 1 is 1.25 bits per heavy atom. The van der Waals surface area contributed by atoms with Crippen molar-refractivity contribution in [2.75, 3.05) is 25.0 Å². The molecule has 1 atom stereocenters. The number of carbonyl (C=O) groups is 1. The molecule has 2 aliphatic rings. The third-order valence-corrected chi connectivity index (χ3v) is 5.76. The second kappa shape index (κ2) is 8.26. The zero-order valence-corrected chi connectivity index (χ0v) is 16.6. The average Bonchev–Trinajstić information content (AvgIpc) is 3.43. The van der Waals surface area contributed by atoms with E-state index in [4.69, 9.17) is 0 Å². The average molecular weight is 384 g/mol. The molecular formula is C20H29N7O. The second-order valence-electron chi connectivity index (χ2n) is 8.16. The summed E-state index contributed by atoms with van der Waals surface area (Å²) < 4.78 is 1.88. The lowest BCUT2D eigenvalue weighted by atomic mass is 9.98. The van der Waals surface area contributed by atoms with Crippen molar-refractivity contribution in [2.45, 2.75) is 51.6 Å². The largest absolute Gasteiger partial charge is 0.336 e. The molecule has 2 fully saturated rings. The van der Waals surface area contributed by atoms with Crippen LogP contribution in [0.4, 0.5) is 10.5 Å². The van der Waals surface area contributed by atoms with Crippen molar-refractivity contribution < 1.29 is 4.79 Å². The van der Waals surface area contributed by atoms with Crippen LogP contribution in [0.15, 0.2) is 24.3 Å². The van der Waals surface area contributed by atoms with E-state index in [1.54, 1.807) is 0 Å². The highest BCUT2D eigenvalue weighted by atomic mass is 16.2. The summed E-state index contributed by atoms with van der Waals surface area (Å²) in [5.41, 5.74) is 1.64. The van der Waals surface area contributed by atoms with Crippen LogP contribution in [0.2, 0.25) is 0 Å². The van der Waals surface area contributed by atoms with Gasteiger partial charge in [0.25, 0.3) is 0 Å². The Bertz CT molecular complexity index is 808. The lowest BCUT2D eigenvalue weighted by molar-refractivity contribution is 0.146. The van der Waals surface area contributed by atoms with Crippen LogP contribution in [0.25, 0.3) is 11.4 Å². The summed E-state index contributed by atoms with van der Waals surface area (Å²) in [6, 6.07) is 8.23. The quantitative estimate of drug-likeness (QED) is 0.801. The van der Waals surface area contributed by atoms with Gasteiger partial charge in [-0.1, -0.05) is 19.1 Å². The predicted octanol–water partition coefficient (Wildman–Crippen LogP) is 2.92.